The van der Waals surface area contributed by atoms with Crippen LogP contribution in [0, 0.1) is 5.82 Å². The standard InChI is InChI=1S/C26H19Cl2FN2O2/c27-18-8-13-23(24(28)16-18)26(33)31(20-11-9-19(29)10-12-20)15-14-30-25(32)22-7-3-5-17-4-1-2-6-21(17)22/h1-13,16H,14-15H2,(H,30,32). The number of fused-ring (bicyclic) bond motifs is 1. The number of nitrogens with one attached hydrogen (secondary N) is 1. The second kappa shape index (κ2) is 10.0. The predicted molar refractivity (Wildman–Crippen MR) is 131 cm³/mol. The first kappa shape index (κ1) is 22.8. The van der Waals surface area contributed by atoms with Crippen molar-refractivity contribution in [3.8, 4) is 0 Å². The summed E-state index contributed by atoms with van der Waals surface area (Å²) in [5.41, 5.74) is 1.28. The molecule has 0 spiro atoms. The molecule has 0 unspecified atom stereocenters. The Bertz CT molecular complexity index is 1320. The quantitative estimate of drug-likeness (QED) is 0.348. The fraction of sp³-hybridized carbons (Fsp3) is 0.0769. The molecular weight excluding hydrogens is 462 g/mol. The normalized spacial score (nSPS) is 10.8. The maximum absolute atomic E-state index is 13.5. The van der Waals surface area contributed by atoms with Crippen LogP contribution < -0.4 is 10.2 Å². The molecule has 1 N–H and O–H groups in total. The fourth-order valence-corrected chi connectivity index (χ4v) is 4.07. The van der Waals surface area contributed by atoms with Crippen molar-refractivity contribution in [1.82, 2.24) is 5.32 Å². The van der Waals surface area contributed by atoms with Gasteiger partial charge in [0, 0.05) is 29.4 Å². The largest absolute Gasteiger partial charge is 0.350 e. The molecule has 2 amide bonds. The number of carbonyl (C=O) groups is 2. The van der Waals surface area contributed by atoms with Gasteiger partial charge in [0.1, 0.15) is 5.82 Å². The van der Waals surface area contributed by atoms with Gasteiger partial charge in [0.05, 0.1) is 10.6 Å². The molecule has 0 heterocycles. The number of benzene rings is 4. The van der Waals surface area contributed by atoms with Crippen LogP contribution in [-0.2, 0) is 0 Å². The minimum absolute atomic E-state index is 0.153. The van der Waals surface area contributed by atoms with Gasteiger partial charge in [-0.1, -0.05) is 59.6 Å². The van der Waals surface area contributed by atoms with Crippen molar-refractivity contribution < 1.29 is 14.0 Å². The zero-order chi connectivity index (χ0) is 23.4. The molecule has 0 aliphatic heterocycles. The summed E-state index contributed by atoms with van der Waals surface area (Å²) < 4.78 is 13.5. The maximum atomic E-state index is 13.5. The van der Waals surface area contributed by atoms with Crippen LogP contribution >= 0.6 is 23.2 Å². The molecule has 4 rings (SSSR count). The highest BCUT2D eigenvalue weighted by molar-refractivity contribution is 6.37. The predicted octanol–water partition coefficient (Wildman–Crippen LogP) is 6.36. The third-order valence-electron chi connectivity index (χ3n) is 5.20. The average molecular weight is 481 g/mol. The second-order valence-corrected chi connectivity index (χ2v) is 8.18. The van der Waals surface area contributed by atoms with Crippen LogP contribution in [0.2, 0.25) is 10.0 Å². The molecular formula is C26H19Cl2FN2O2. The van der Waals surface area contributed by atoms with Gasteiger partial charge in [0.25, 0.3) is 11.8 Å². The molecule has 7 heteroatoms. The second-order valence-electron chi connectivity index (χ2n) is 7.34. The topological polar surface area (TPSA) is 49.4 Å². The Labute approximate surface area is 200 Å². The van der Waals surface area contributed by atoms with E-state index in [0.29, 0.717) is 16.3 Å². The van der Waals surface area contributed by atoms with Crippen LogP contribution in [0.1, 0.15) is 20.7 Å². The Morgan fingerprint density at radius 2 is 1.58 bits per heavy atom. The molecule has 0 fully saturated rings. The summed E-state index contributed by atoms with van der Waals surface area (Å²) in [5.74, 6) is -1.05. The van der Waals surface area contributed by atoms with Crippen molar-refractivity contribution in [2.24, 2.45) is 0 Å². The van der Waals surface area contributed by atoms with E-state index in [1.165, 1.54) is 41.3 Å². The van der Waals surface area contributed by atoms with Crippen LogP contribution in [-0.4, -0.2) is 24.9 Å². The first-order chi connectivity index (χ1) is 15.9. The van der Waals surface area contributed by atoms with Crippen LogP contribution in [0.4, 0.5) is 10.1 Å². The monoisotopic (exact) mass is 480 g/mol. The lowest BCUT2D eigenvalue weighted by Crippen LogP contribution is -2.39. The average Bonchev–Trinajstić information content (AvgIpc) is 2.82. The highest BCUT2D eigenvalue weighted by atomic mass is 35.5. The van der Waals surface area contributed by atoms with E-state index < -0.39 is 5.82 Å². The lowest BCUT2D eigenvalue weighted by molar-refractivity contribution is 0.0944. The smallest absolute Gasteiger partial charge is 0.259 e. The Balaban J connectivity index is 1.55. The van der Waals surface area contributed by atoms with Crippen molar-refractivity contribution in [2.45, 2.75) is 0 Å². The summed E-state index contributed by atoms with van der Waals surface area (Å²) in [6, 6.07) is 23.3. The highest BCUT2D eigenvalue weighted by Gasteiger charge is 2.21. The Kier molecular flexibility index (Phi) is 6.92. The molecule has 4 aromatic carbocycles. The number of halogens is 3. The van der Waals surface area contributed by atoms with Gasteiger partial charge in [-0.15, -0.1) is 0 Å². The first-order valence-corrected chi connectivity index (χ1v) is 11.0. The Morgan fingerprint density at radius 3 is 2.33 bits per heavy atom. The fourth-order valence-electron chi connectivity index (χ4n) is 3.58. The molecule has 166 valence electrons. The molecule has 0 atom stereocenters. The van der Waals surface area contributed by atoms with Crippen molar-refractivity contribution in [2.75, 3.05) is 18.0 Å². The Morgan fingerprint density at radius 1 is 0.848 bits per heavy atom. The van der Waals surface area contributed by atoms with Gasteiger partial charge in [-0.3, -0.25) is 9.59 Å². The maximum Gasteiger partial charge on any atom is 0.259 e. The molecule has 0 radical (unpaired) electrons. The van der Waals surface area contributed by atoms with Gasteiger partial charge >= 0.3 is 0 Å². The third-order valence-corrected chi connectivity index (χ3v) is 5.75. The van der Waals surface area contributed by atoms with E-state index in [0.717, 1.165) is 10.8 Å². The number of anilines is 1. The minimum atomic E-state index is -0.417. The van der Waals surface area contributed by atoms with E-state index in [1.807, 2.05) is 36.4 Å². The molecule has 0 saturated carbocycles. The van der Waals surface area contributed by atoms with E-state index in [1.54, 1.807) is 12.1 Å². The zero-order valence-electron chi connectivity index (χ0n) is 17.4. The summed E-state index contributed by atoms with van der Waals surface area (Å²) in [4.78, 5) is 27.6. The summed E-state index contributed by atoms with van der Waals surface area (Å²) in [5, 5.41) is 5.30. The summed E-state index contributed by atoms with van der Waals surface area (Å²) in [7, 11) is 0. The van der Waals surface area contributed by atoms with Crippen molar-refractivity contribution >= 4 is 51.5 Å². The van der Waals surface area contributed by atoms with E-state index in [2.05, 4.69) is 5.32 Å². The number of nitrogens with zero attached hydrogens (tertiary/aromatic N) is 1. The highest BCUT2D eigenvalue weighted by Crippen LogP contribution is 2.25. The molecule has 0 aliphatic carbocycles. The van der Waals surface area contributed by atoms with E-state index in [9.17, 15) is 14.0 Å². The van der Waals surface area contributed by atoms with Gasteiger partial charge in [0.15, 0.2) is 0 Å². The molecule has 0 aromatic heterocycles. The van der Waals surface area contributed by atoms with Crippen LogP contribution in [0.5, 0.6) is 0 Å². The van der Waals surface area contributed by atoms with E-state index in [4.69, 9.17) is 23.2 Å². The summed E-state index contributed by atoms with van der Waals surface area (Å²) in [6.07, 6.45) is 0. The molecule has 33 heavy (non-hydrogen) atoms. The minimum Gasteiger partial charge on any atom is -0.350 e. The number of carbonyl (C=O) groups excluding carboxylic acids is 2. The number of rotatable bonds is 6. The Hall–Kier alpha value is -3.41. The van der Waals surface area contributed by atoms with Crippen molar-refractivity contribution in [3.63, 3.8) is 0 Å². The van der Waals surface area contributed by atoms with Crippen LogP contribution in [0.25, 0.3) is 10.8 Å². The van der Waals surface area contributed by atoms with Crippen molar-refractivity contribution in [3.05, 3.63) is 112 Å². The molecule has 0 aliphatic rings. The van der Waals surface area contributed by atoms with Crippen molar-refractivity contribution in [1.29, 1.82) is 0 Å². The van der Waals surface area contributed by atoms with Gasteiger partial charge in [-0.25, -0.2) is 4.39 Å². The third kappa shape index (κ3) is 5.16. The molecule has 4 nitrogen and oxygen atoms in total. The van der Waals surface area contributed by atoms with E-state index >= 15 is 0 Å². The van der Waals surface area contributed by atoms with Gasteiger partial charge in [-0.05, 0) is 59.3 Å². The summed E-state index contributed by atoms with van der Waals surface area (Å²) in [6.45, 7) is 0.330. The number of hydrogen-bond donors (Lipinski definition) is 1. The van der Waals surface area contributed by atoms with Gasteiger partial charge in [-0.2, -0.15) is 0 Å². The molecule has 4 aromatic rings. The van der Waals surface area contributed by atoms with Crippen LogP contribution in [0.15, 0.2) is 84.9 Å². The van der Waals surface area contributed by atoms with Crippen LogP contribution in [0.3, 0.4) is 0 Å². The van der Waals surface area contributed by atoms with Gasteiger partial charge < -0.3 is 10.2 Å². The van der Waals surface area contributed by atoms with E-state index in [-0.39, 0.29) is 35.5 Å². The SMILES string of the molecule is O=C(NCCN(C(=O)c1ccc(Cl)cc1Cl)c1ccc(F)cc1)c1cccc2ccccc12. The number of amides is 2. The first-order valence-electron chi connectivity index (χ1n) is 10.2. The lowest BCUT2D eigenvalue weighted by atomic mass is 10.0. The molecule has 0 bridgehead atoms. The zero-order valence-corrected chi connectivity index (χ0v) is 18.9. The molecule has 0 saturated heterocycles. The lowest BCUT2D eigenvalue weighted by Gasteiger charge is -2.24. The summed E-state index contributed by atoms with van der Waals surface area (Å²) >= 11 is 12.2. The van der Waals surface area contributed by atoms with Gasteiger partial charge in [0.2, 0.25) is 0 Å². The number of hydrogen-bond acceptors (Lipinski definition) is 2.